The lowest BCUT2D eigenvalue weighted by atomic mass is 10.1. The molecule has 1 N–H and O–H groups in total. The van der Waals surface area contributed by atoms with Crippen LogP contribution < -0.4 is 0 Å². The number of aromatic nitrogens is 2. The number of aromatic amines is 1. The SMILES string of the molecule is Cc1cc(CN(C)CC2CCN(Cc3ccccc3)C2)n[nH]1. The molecule has 3 rings (SSSR count). The number of aryl methyl sites for hydroxylation is 1. The second kappa shape index (κ2) is 7.07. The number of hydrogen-bond donors (Lipinski definition) is 1. The Morgan fingerprint density at radius 1 is 1.32 bits per heavy atom. The van der Waals surface area contributed by atoms with Gasteiger partial charge in [0.25, 0.3) is 0 Å². The molecule has 22 heavy (non-hydrogen) atoms. The minimum Gasteiger partial charge on any atom is -0.300 e. The number of nitrogens with one attached hydrogen (secondary N) is 1. The summed E-state index contributed by atoms with van der Waals surface area (Å²) < 4.78 is 0. The number of benzene rings is 1. The first-order valence-corrected chi connectivity index (χ1v) is 8.15. The van der Waals surface area contributed by atoms with Crippen molar-refractivity contribution in [3.05, 3.63) is 53.3 Å². The Labute approximate surface area is 133 Å². The number of hydrogen-bond acceptors (Lipinski definition) is 3. The Morgan fingerprint density at radius 3 is 2.86 bits per heavy atom. The van der Waals surface area contributed by atoms with Gasteiger partial charge in [0.15, 0.2) is 0 Å². The molecular weight excluding hydrogens is 272 g/mol. The smallest absolute Gasteiger partial charge is 0.0764 e. The minimum atomic E-state index is 0.772. The number of H-pyrrole nitrogens is 1. The summed E-state index contributed by atoms with van der Waals surface area (Å²) in [4.78, 5) is 4.97. The highest BCUT2D eigenvalue weighted by molar-refractivity contribution is 5.14. The van der Waals surface area contributed by atoms with Gasteiger partial charge in [0.05, 0.1) is 5.69 Å². The molecule has 0 saturated carbocycles. The summed E-state index contributed by atoms with van der Waals surface area (Å²) >= 11 is 0. The van der Waals surface area contributed by atoms with E-state index in [1.165, 1.54) is 25.1 Å². The van der Waals surface area contributed by atoms with Gasteiger partial charge < -0.3 is 4.90 Å². The van der Waals surface area contributed by atoms with Crippen molar-refractivity contribution in [3.63, 3.8) is 0 Å². The van der Waals surface area contributed by atoms with Gasteiger partial charge in [-0.1, -0.05) is 30.3 Å². The van der Waals surface area contributed by atoms with Crippen LogP contribution in [-0.2, 0) is 13.1 Å². The van der Waals surface area contributed by atoms with E-state index in [1.54, 1.807) is 0 Å². The third kappa shape index (κ3) is 4.18. The van der Waals surface area contributed by atoms with Crippen LogP contribution in [0, 0.1) is 12.8 Å². The molecule has 0 aliphatic carbocycles. The van der Waals surface area contributed by atoms with Gasteiger partial charge in [0.1, 0.15) is 0 Å². The molecule has 1 aromatic carbocycles. The van der Waals surface area contributed by atoms with Crippen molar-refractivity contribution in [3.8, 4) is 0 Å². The Bertz CT molecular complexity index is 578. The lowest BCUT2D eigenvalue weighted by Crippen LogP contribution is -2.28. The second-order valence-electron chi connectivity index (χ2n) is 6.61. The van der Waals surface area contributed by atoms with E-state index < -0.39 is 0 Å². The molecular formula is C18H26N4. The maximum absolute atomic E-state index is 4.32. The van der Waals surface area contributed by atoms with E-state index in [0.717, 1.165) is 36.9 Å². The lowest BCUT2D eigenvalue weighted by molar-refractivity contribution is 0.253. The predicted octanol–water partition coefficient (Wildman–Crippen LogP) is 2.67. The summed E-state index contributed by atoms with van der Waals surface area (Å²) in [7, 11) is 2.20. The molecule has 1 atom stereocenters. The summed E-state index contributed by atoms with van der Waals surface area (Å²) in [5, 5.41) is 7.34. The zero-order valence-electron chi connectivity index (χ0n) is 13.6. The molecule has 2 aromatic rings. The number of nitrogens with zero attached hydrogens (tertiary/aromatic N) is 3. The molecule has 4 heteroatoms. The Hall–Kier alpha value is -1.65. The van der Waals surface area contributed by atoms with Crippen molar-refractivity contribution < 1.29 is 0 Å². The third-order valence-corrected chi connectivity index (χ3v) is 4.38. The van der Waals surface area contributed by atoms with E-state index in [9.17, 15) is 0 Å². The van der Waals surface area contributed by atoms with Gasteiger partial charge in [0.2, 0.25) is 0 Å². The number of rotatable bonds is 6. The fourth-order valence-corrected chi connectivity index (χ4v) is 3.38. The Morgan fingerprint density at radius 2 is 2.14 bits per heavy atom. The van der Waals surface area contributed by atoms with Crippen LogP contribution in [0.3, 0.4) is 0 Å². The fraction of sp³-hybridized carbons (Fsp3) is 0.500. The Balaban J connectivity index is 1.44. The molecule has 0 amide bonds. The molecule has 0 radical (unpaired) electrons. The fourth-order valence-electron chi connectivity index (χ4n) is 3.38. The molecule has 1 aliphatic rings. The summed E-state index contributed by atoms with van der Waals surface area (Å²) in [6, 6.07) is 12.9. The van der Waals surface area contributed by atoms with E-state index >= 15 is 0 Å². The second-order valence-corrected chi connectivity index (χ2v) is 6.61. The molecule has 1 aromatic heterocycles. The first-order valence-electron chi connectivity index (χ1n) is 8.15. The monoisotopic (exact) mass is 298 g/mol. The van der Waals surface area contributed by atoms with Gasteiger partial charge >= 0.3 is 0 Å². The molecule has 118 valence electrons. The molecule has 4 nitrogen and oxygen atoms in total. The topological polar surface area (TPSA) is 35.2 Å². The van der Waals surface area contributed by atoms with Crippen molar-refractivity contribution in [2.75, 3.05) is 26.7 Å². The van der Waals surface area contributed by atoms with Crippen LogP contribution >= 0.6 is 0 Å². The maximum atomic E-state index is 4.32. The summed E-state index contributed by atoms with van der Waals surface area (Å²) in [6.45, 7) is 7.64. The highest BCUT2D eigenvalue weighted by atomic mass is 15.2. The predicted molar refractivity (Wildman–Crippen MR) is 89.5 cm³/mol. The van der Waals surface area contributed by atoms with Crippen molar-refractivity contribution in [2.24, 2.45) is 5.92 Å². The molecule has 1 aliphatic heterocycles. The van der Waals surface area contributed by atoms with Crippen LogP contribution in [0.1, 0.15) is 23.4 Å². The van der Waals surface area contributed by atoms with Gasteiger partial charge in [-0.2, -0.15) is 5.10 Å². The average molecular weight is 298 g/mol. The molecule has 2 heterocycles. The van der Waals surface area contributed by atoms with Gasteiger partial charge in [-0.3, -0.25) is 10.00 Å². The van der Waals surface area contributed by atoms with Gasteiger partial charge in [-0.05, 0) is 44.5 Å². The molecule has 0 spiro atoms. The summed E-state index contributed by atoms with van der Waals surface area (Å²) in [6.07, 6.45) is 1.30. The molecule has 1 fully saturated rings. The largest absolute Gasteiger partial charge is 0.300 e. The van der Waals surface area contributed by atoms with E-state index in [2.05, 4.69) is 70.4 Å². The van der Waals surface area contributed by atoms with Crippen LogP contribution in [0.5, 0.6) is 0 Å². The average Bonchev–Trinajstić information content (AvgIpc) is 3.09. The van der Waals surface area contributed by atoms with Gasteiger partial charge in [-0.25, -0.2) is 0 Å². The Kier molecular flexibility index (Phi) is 4.90. The molecule has 1 unspecified atom stereocenters. The zero-order chi connectivity index (χ0) is 15.4. The van der Waals surface area contributed by atoms with Crippen LogP contribution in [0.2, 0.25) is 0 Å². The van der Waals surface area contributed by atoms with Crippen LogP contribution in [0.25, 0.3) is 0 Å². The van der Waals surface area contributed by atoms with E-state index in [0.29, 0.717) is 0 Å². The highest BCUT2D eigenvalue weighted by Crippen LogP contribution is 2.20. The highest BCUT2D eigenvalue weighted by Gasteiger charge is 2.23. The first kappa shape index (κ1) is 15.3. The normalized spacial score (nSPS) is 19.1. The first-order chi connectivity index (χ1) is 10.7. The van der Waals surface area contributed by atoms with Crippen molar-refractivity contribution >= 4 is 0 Å². The zero-order valence-corrected chi connectivity index (χ0v) is 13.6. The lowest BCUT2D eigenvalue weighted by Gasteiger charge is -2.21. The third-order valence-electron chi connectivity index (χ3n) is 4.38. The van der Waals surface area contributed by atoms with Gasteiger partial charge in [-0.15, -0.1) is 0 Å². The van der Waals surface area contributed by atoms with E-state index in [4.69, 9.17) is 0 Å². The summed E-state index contributed by atoms with van der Waals surface area (Å²) in [5.41, 5.74) is 3.70. The quantitative estimate of drug-likeness (QED) is 0.890. The van der Waals surface area contributed by atoms with Crippen molar-refractivity contribution in [2.45, 2.75) is 26.4 Å². The standard InChI is InChI=1S/C18H26N4/c1-15-10-18(20-19-15)14-21(2)11-17-8-9-22(13-17)12-16-6-4-3-5-7-16/h3-7,10,17H,8-9,11-14H2,1-2H3,(H,19,20). The minimum absolute atomic E-state index is 0.772. The van der Waals surface area contributed by atoms with Gasteiger partial charge in [0, 0.05) is 31.9 Å². The van der Waals surface area contributed by atoms with Crippen molar-refractivity contribution in [1.82, 2.24) is 20.0 Å². The van der Waals surface area contributed by atoms with E-state index in [-0.39, 0.29) is 0 Å². The molecule has 0 bridgehead atoms. The van der Waals surface area contributed by atoms with Crippen LogP contribution in [-0.4, -0.2) is 46.7 Å². The molecule has 1 saturated heterocycles. The van der Waals surface area contributed by atoms with Crippen molar-refractivity contribution in [1.29, 1.82) is 0 Å². The van der Waals surface area contributed by atoms with Crippen LogP contribution in [0.4, 0.5) is 0 Å². The van der Waals surface area contributed by atoms with Crippen LogP contribution in [0.15, 0.2) is 36.4 Å². The maximum Gasteiger partial charge on any atom is 0.0764 e. The summed E-state index contributed by atoms with van der Waals surface area (Å²) in [5.74, 6) is 0.772. The van der Waals surface area contributed by atoms with E-state index in [1.807, 2.05) is 0 Å². The number of likely N-dealkylation sites (tertiary alicyclic amines) is 1.